The lowest BCUT2D eigenvalue weighted by Gasteiger charge is -2.42. The van der Waals surface area contributed by atoms with Gasteiger partial charge in [0.2, 0.25) is 0 Å². The fourth-order valence-corrected chi connectivity index (χ4v) is 3.13. The van der Waals surface area contributed by atoms with Crippen molar-refractivity contribution >= 4 is 0 Å². The van der Waals surface area contributed by atoms with E-state index in [1.165, 1.54) is 45.1 Å². The molecular formula is C15H32N2. The van der Waals surface area contributed by atoms with Gasteiger partial charge in [0.25, 0.3) is 0 Å². The van der Waals surface area contributed by atoms with E-state index in [2.05, 4.69) is 38.0 Å². The lowest BCUT2D eigenvalue weighted by atomic mass is 9.92. The number of rotatable bonds is 7. The first-order chi connectivity index (χ1) is 8.22. The maximum atomic E-state index is 3.37. The molecule has 1 aliphatic heterocycles. The summed E-state index contributed by atoms with van der Waals surface area (Å²) in [7, 11) is 2.09. The SMILES string of the molecule is CCC(C)CC(CC)N1CCCCC1CNC. The highest BCUT2D eigenvalue weighted by Gasteiger charge is 2.27. The summed E-state index contributed by atoms with van der Waals surface area (Å²) in [6.45, 7) is 9.56. The monoisotopic (exact) mass is 240 g/mol. The van der Waals surface area contributed by atoms with Gasteiger partial charge in [0.1, 0.15) is 0 Å². The summed E-state index contributed by atoms with van der Waals surface area (Å²) in [5.41, 5.74) is 0. The van der Waals surface area contributed by atoms with E-state index in [-0.39, 0.29) is 0 Å². The number of likely N-dealkylation sites (tertiary alicyclic amines) is 1. The van der Waals surface area contributed by atoms with E-state index in [0.29, 0.717) is 0 Å². The Hall–Kier alpha value is -0.0800. The van der Waals surface area contributed by atoms with Crippen LogP contribution in [-0.4, -0.2) is 37.1 Å². The smallest absolute Gasteiger partial charge is 0.0223 e. The number of likely N-dealkylation sites (N-methyl/N-ethyl adjacent to an activating group) is 1. The van der Waals surface area contributed by atoms with E-state index in [9.17, 15) is 0 Å². The van der Waals surface area contributed by atoms with Gasteiger partial charge in [0, 0.05) is 18.6 Å². The van der Waals surface area contributed by atoms with Gasteiger partial charge in [-0.25, -0.2) is 0 Å². The standard InChI is InChI=1S/C15H32N2/c1-5-13(3)11-14(6-2)17-10-8-7-9-15(17)12-16-4/h13-16H,5-12H2,1-4H3. The van der Waals surface area contributed by atoms with Crippen LogP contribution in [0.15, 0.2) is 0 Å². The molecule has 1 saturated heterocycles. The predicted octanol–water partition coefficient (Wildman–Crippen LogP) is 3.28. The molecule has 17 heavy (non-hydrogen) atoms. The first-order valence-corrected chi connectivity index (χ1v) is 7.63. The first-order valence-electron chi connectivity index (χ1n) is 7.63. The topological polar surface area (TPSA) is 15.3 Å². The molecular weight excluding hydrogens is 208 g/mol. The van der Waals surface area contributed by atoms with Gasteiger partial charge < -0.3 is 5.32 Å². The molecule has 0 aromatic heterocycles. The van der Waals surface area contributed by atoms with Gasteiger partial charge in [-0.3, -0.25) is 4.90 Å². The summed E-state index contributed by atoms with van der Waals surface area (Å²) in [6.07, 6.45) is 8.22. The van der Waals surface area contributed by atoms with Crippen molar-refractivity contribution in [2.24, 2.45) is 5.92 Å². The second-order valence-electron chi connectivity index (χ2n) is 5.76. The Morgan fingerprint density at radius 1 is 1.24 bits per heavy atom. The molecule has 1 rings (SSSR count). The van der Waals surface area contributed by atoms with E-state index >= 15 is 0 Å². The zero-order chi connectivity index (χ0) is 12.7. The normalized spacial score (nSPS) is 25.8. The number of nitrogens with zero attached hydrogens (tertiary/aromatic N) is 1. The van der Waals surface area contributed by atoms with Crippen LogP contribution in [0, 0.1) is 5.92 Å². The van der Waals surface area contributed by atoms with Gasteiger partial charge >= 0.3 is 0 Å². The number of piperidine rings is 1. The molecule has 1 aliphatic rings. The number of nitrogens with one attached hydrogen (secondary N) is 1. The van der Waals surface area contributed by atoms with Gasteiger partial charge in [-0.05, 0) is 45.2 Å². The van der Waals surface area contributed by atoms with E-state index in [1.807, 2.05) is 0 Å². The molecule has 1 fully saturated rings. The third kappa shape index (κ3) is 4.59. The Balaban J connectivity index is 2.56. The average Bonchev–Trinajstić information content (AvgIpc) is 2.37. The van der Waals surface area contributed by atoms with Crippen LogP contribution in [0.2, 0.25) is 0 Å². The molecule has 102 valence electrons. The van der Waals surface area contributed by atoms with Crippen LogP contribution in [-0.2, 0) is 0 Å². The average molecular weight is 240 g/mol. The largest absolute Gasteiger partial charge is 0.318 e. The summed E-state index contributed by atoms with van der Waals surface area (Å²) in [4.78, 5) is 2.80. The second-order valence-corrected chi connectivity index (χ2v) is 5.76. The van der Waals surface area contributed by atoms with E-state index in [0.717, 1.165) is 24.5 Å². The molecule has 0 aromatic rings. The molecule has 0 saturated carbocycles. The van der Waals surface area contributed by atoms with Crippen molar-refractivity contribution in [2.75, 3.05) is 20.1 Å². The number of hydrogen-bond donors (Lipinski definition) is 1. The van der Waals surface area contributed by atoms with E-state index in [1.54, 1.807) is 0 Å². The Bertz CT molecular complexity index is 191. The molecule has 0 radical (unpaired) electrons. The van der Waals surface area contributed by atoms with Crippen LogP contribution >= 0.6 is 0 Å². The van der Waals surface area contributed by atoms with Gasteiger partial charge in [-0.2, -0.15) is 0 Å². The predicted molar refractivity (Wildman–Crippen MR) is 76.4 cm³/mol. The van der Waals surface area contributed by atoms with Crippen LogP contribution in [0.25, 0.3) is 0 Å². The minimum atomic E-state index is 0.780. The van der Waals surface area contributed by atoms with E-state index < -0.39 is 0 Å². The number of hydrogen-bond acceptors (Lipinski definition) is 2. The van der Waals surface area contributed by atoms with Crippen molar-refractivity contribution in [2.45, 2.75) is 71.4 Å². The summed E-state index contributed by atoms with van der Waals surface area (Å²) in [5.74, 6) is 0.872. The molecule has 1 heterocycles. The lowest BCUT2D eigenvalue weighted by molar-refractivity contribution is 0.0784. The van der Waals surface area contributed by atoms with Crippen LogP contribution in [0.4, 0.5) is 0 Å². The van der Waals surface area contributed by atoms with Crippen LogP contribution in [0.3, 0.4) is 0 Å². The minimum Gasteiger partial charge on any atom is -0.318 e. The lowest BCUT2D eigenvalue weighted by Crippen LogP contribution is -2.50. The zero-order valence-corrected chi connectivity index (χ0v) is 12.3. The summed E-state index contributed by atoms with van der Waals surface area (Å²) < 4.78 is 0. The molecule has 0 aliphatic carbocycles. The highest BCUT2D eigenvalue weighted by molar-refractivity contribution is 4.84. The van der Waals surface area contributed by atoms with Crippen molar-refractivity contribution in [1.29, 1.82) is 0 Å². The Labute approximate surface area is 108 Å². The second kappa shape index (κ2) is 8.10. The highest BCUT2D eigenvalue weighted by Crippen LogP contribution is 2.25. The molecule has 2 heteroatoms. The van der Waals surface area contributed by atoms with Crippen molar-refractivity contribution in [3.63, 3.8) is 0 Å². The zero-order valence-electron chi connectivity index (χ0n) is 12.3. The quantitative estimate of drug-likeness (QED) is 0.735. The van der Waals surface area contributed by atoms with Gasteiger partial charge in [0.15, 0.2) is 0 Å². The van der Waals surface area contributed by atoms with Crippen LogP contribution < -0.4 is 5.32 Å². The van der Waals surface area contributed by atoms with E-state index in [4.69, 9.17) is 0 Å². The van der Waals surface area contributed by atoms with Gasteiger partial charge in [-0.15, -0.1) is 0 Å². The maximum Gasteiger partial charge on any atom is 0.0223 e. The summed E-state index contributed by atoms with van der Waals surface area (Å²) >= 11 is 0. The van der Waals surface area contributed by atoms with Crippen LogP contribution in [0.1, 0.15) is 59.3 Å². The van der Waals surface area contributed by atoms with Crippen molar-refractivity contribution in [3.8, 4) is 0 Å². The molecule has 0 amide bonds. The third-order valence-electron chi connectivity index (χ3n) is 4.42. The van der Waals surface area contributed by atoms with Crippen molar-refractivity contribution < 1.29 is 0 Å². The molecule has 2 nitrogen and oxygen atoms in total. The summed E-state index contributed by atoms with van der Waals surface area (Å²) in [5, 5.41) is 3.37. The van der Waals surface area contributed by atoms with Crippen LogP contribution in [0.5, 0.6) is 0 Å². The minimum absolute atomic E-state index is 0.780. The van der Waals surface area contributed by atoms with Crippen molar-refractivity contribution in [3.05, 3.63) is 0 Å². The molecule has 3 unspecified atom stereocenters. The molecule has 0 aromatic carbocycles. The first kappa shape index (κ1) is 15.0. The van der Waals surface area contributed by atoms with Gasteiger partial charge in [0.05, 0.1) is 0 Å². The molecule has 0 spiro atoms. The molecule has 0 bridgehead atoms. The summed E-state index contributed by atoms with van der Waals surface area (Å²) in [6, 6.07) is 1.59. The molecule has 3 atom stereocenters. The Morgan fingerprint density at radius 3 is 2.59 bits per heavy atom. The molecule has 1 N–H and O–H groups in total. The Kier molecular flexibility index (Phi) is 7.14. The third-order valence-corrected chi connectivity index (χ3v) is 4.42. The fraction of sp³-hybridized carbons (Fsp3) is 1.00. The van der Waals surface area contributed by atoms with Gasteiger partial charge in [-0.1, -0.05) is 33.6 Å². The highest BCUT2D eigenvalue weighted by atomic mass is 15.2. The maximum absolute atomic E-state index is 3.37. The van der Waals surface area contributed by atoms with Crippen molar-refractivity contribution in [1.82, 2.24) is 10.2 Å². The fourth-order valence-electron chi connectivity index (χ4n) is 3.13. The Morgan fingerprint density at radius 2 is 2.00 bits per heavy atom.